The molecule has 1 amide bonds. The normalized spacial score (nSPS) is 14.0. The first kappa shape index (κ1) is 17.5. The molecule has 0 atom stereocenters. The number of amides is 1. The molecule has 1 aliphatic carbocycles. The van der Waals surface area contributed by atoms with Gasteiger partial charge in [-0.3, -0.25) is 4.79 Å². The number of hydrogen-bond acceptors (Lipinski definition) is 5. The molecule has 3 aromatic rings. The predicted molar refractivity (Wildman–Crippen MR) is 103 cm³/mol. The second kappa shape index (κ2) is 6.64. The summed E-state index contributed by atoms with van der Waals surface area (Å²) >= 11 is 0. The van der Waals surface area contributed by atoms with E-state index in [1.807, 2.05) is 16.8 Å². The van der Waals surface area contributed by atoms with Crippen LogP contribution in [0.15, 0.2) is 30.6 Å². The number of ether oxygens (including phenoxy) is 1. The van der Waals surface area contributed by atoms with Crippen LogP contribution in [0.5, 0.6) is 5.88 Å². The molecule has 3 aromatic heterocycles. The number of carbonyl (C=O) groups excluding carboxylic acids is 1. The molecule has 7 heteroatoms. The van der Waals surface area contributed by atoms with Crippen molar-refractivity contribution < 1.29 is 9.53 Å². The largest absolute Gasteiger partial charge is 0.480 e. The molecule has 140 valence electrons. The van der Waals surface area contributed by atoms with Gasteiger partial charge in [0, 0.05) is 30.9 Å². The lowest BCUT2D eigenvalue weighted by atomic mass is 10.1. The van der Waals surface area contributed by atoms with Crippen LogP contribution in [0.2, 0.25) is 0 Å². The third kappa shape index (κ3) is 3.03. The topological polar surface area (TPSA) is 73.1 Å². The minimum absolute atomic E-state index is 0.126. The second-order valence-electron chi connectivity index (χ2n) is 7.19. The summed E-state index contributed by atoms with van der Waals surface area (Å²) in [6.45, 7) is 4.12. The number of hydrogen-bond donors (Lipinski definition) is 0. The molecule has 0 aromatic carbocycles. The first-order chi connectivity index (χ1) is 13.0. The van der Waals surface area contributed by atoms with Crippen LogP contribution in [-0.4, -0.2) is 39.8 Å². The van der Waals surface area contributed by atoms with Gasteiger partial charge in [0.05, 0.1) is 24.3 Å². The monoisotopic (exact) mass is 365 g/mol. The molecule has 4 rings (SSSR count). The molecular weight excluding hydrogens is 342 g/mol. The van der Waals surface area contributed by atoms with Gasteiger partial charge in [0.15, 0.2) is 5.65 Å². The van der Waals surface area contributed by atoms with E-state index < -0.39 is 0 Å². The third-order valence-electron chi connectivity index (χ3n) is 4.91. The molecule has 1 saturated carbocycles. The van der Waals surface area contributed by atoms with E-state index in [0.29, 0.717) is 23.0 Å². The van der Waals surface area contributed by atoms with Crippen LogP contribution >= 0.6 is 0 Å². The Morgan fingerprint density at radius 1 is 1.37 bits per heavy atom. The van der Waals surface area contributed by atoms with Crippen molar-refractivity contribution >= 4 is 22.6 Å². The van der Waals surface area contributed by atoms with Crippen molar-refractivity contribution in [3.8, 4) is 5.88 Å². The Morgan fingerprint density at radius 2 is 2.15 bits per heavy atom. The van der Waals surface area contributed by atoms with Crippen molar-refractivity contribution in [3.05, 3.63) is 41.9 Å². The fourth-order valence-corrected chi connectivity index (χ4v) is 3.27. The maximum atomic E-state index is 13.4. The van der Waals surface area contributed by atoms with E-state index in [2.05, 4.69) is 23.9 Å². The first-order valence-electron chi connectivity index (χ1n) is 9.16. The Hall–Kier alpha value is -2.96. The van der Waals surface area contributed by atoms with E-state index in [9.17, 15) is 4.79 Å². The third-order valence-corrected chi connectivity index (χ3v) is 4.91. The minimum Gasteiger partial charge on any atom is -0.480 e. The summed E-state index contributed by atoms with van der Waals surface area (Å²) in [7, 11) is 3.28. The van der Waals surface area contributed by atoms with Gasteiger partial charge in [0.25, 0.3) is 5.91 Å². The highest BCUT2D eigenvalue weighted by molar-refractivity contribution is 6.13. The van der Waals surface area contributed by atoms with Crippen LogP contribution in [0.4, 0.5) is 5.69 Å². The van der Waals surface area contributed by atoms with Gasteiger partial charge in [0.2, 0.25) is 5.88 Å². The molecular formula is C20H23N5O2. The summed E-state index contributed by atoms with van der Waals surface area (Å²) in [4.78, 5) is 24.0. The number of aromatic nitrogens is 4. The van der Waals surface area contributed by atoms with Crippen molar-refractivity contribution in [2.75, 3.05) is 19.1 Å². The molecule has 0 bridgehead atoms. The first-order valence-corrected chi connectivity index (χ1v) is 9.16. The Labute approximate surface area is 158 Å². The molecule has 0 saturated heterocycles. The summed E-state index contributed by atoms with van der Waals surface area (Å²) in [6.07, 6.45) is 5.62. The zero-order valence-corrected chi connectivity index (χ0v) is 16.0. The highest BCUT2D eigenvalue weighted by Crippen LogP contribution is 2.40. The molecule has 1 fully saturated rings. The van der Waals surface area contributed by atoms with Crippen molar-refractivity contribution in [3.63, 3.8) is 0 Å². The van der Waals surface area contributed by atoms with Crippen molar-refractivity contribution in [1.82, 2.24) is 19.7 Å². The average molecular weight is 365 g/mol. The SMILES string of the molecule is COc1ncccc1N(C)C(=O)c1cc(C2CC2)nc2c1cnn2C(C)C. The lowest BCUT2D eigenvalue weighted by Gasteiger charge is -2.20. The molecule has 1 aliphatic rings. The molecule has 0 N–H and O–H groups in total. The van der Waals surface area contributed by atoms with Crippen LogP contribution in [0.1, 0.15) is 54.7 Å². The van der Waals surface area contributed by atoms with Gasteiger partial charge in [-0.05, 0) is 44.9 Å². The van der Waals surface area contributed by atoms with Crippen LogP contribution < -0.4 is 9.64 Å². The lowest BCUT2D eigenvalue weighted by molar-refractivity contribution is 0.0993. The number of methoxy groups -OCH3 is 1. The zero-order chi connectivity index (χ0) is 19.1. The number of carbonyl (C=O) groups is 1. The highest BCUT2D eigenvalue weighted by Gasteiger charge is 2.29. The summed E-state index contributed by atoms with van der Waals surface area (Å²) < 4.78 is 7.19. The van der Waals surface area contributed by atoms with Crippen molar-refractivity contribution in [1.29, 1.82) is 0 Å². The summed E-state index contributed by atoms with van der Waals surface area (Å²) in [5.74, 6) is 0.729. The number of anilines is 1. The molecule has 0 spiro atoms. The molecule has 27 heavy (non-hydrogen) atoms. The Kier molecular flexibility index (Phi) is 4.30. The Bertz CT molecular complexity index is 1010. The number of rotatable bonds is 5. The van der Waals surface area contributed by atoms with Crippen molar-refractivity contribution in [2.24, 2.45) is 0 Å². The molecule has 0 unspecified atom stereocenters. The molecule has 3 heterocycles. The van der Waals surface area contributed by atoms with E-state index in [0.717, 1.165) is 29.6 Å². The Balaban J connectivity index is 1.83. The number of pyridine rings is 2. The fourth-order valence-electron chi connectivity index (χ4n) is 3.27. The van der Waals surface area contributed by atoms with Gasteiger partial charge < -0.3 is 9.64 Å². The minimum atomic E-state index is -0.126. The smallest absolute Gasteiger partial charge is 0.259 e. The summed E-state index contributed by atoms with van der Waals surface area (Å²) in [5, 5.41) is 5.24. The van der Waals surface area contributed by atoms with Crippen molar-refractivity contribution in [2.45, 2.75) is 38.6 Å². The van der Waals surface area contributed by atoms with Crippen LogP contribution in [0, 0.1) is 0 Å². The average Bonchev–Trinajstić information content (AvgIpc) is 3.44. The summed E-state index contributed by atoms with van der Waals surface area (Å²) in [5.41, 5.74) is 2.98. The van der Waals surface area contributed by atoms with E-state index >= 15 is 0 Å². The van der Waals surface area contributed by atoms with Gasteiger partial charge >= 0.3 is 0 Å². The predicted octanol–water partition coefficient (Wildman–Crippen LogP) is 3.57. The van der Waals surface area contributed by atoms with Crippen LogP contribution in [0.3, 0.4) is 0 Å². The molecule has 0 radical (unpaired) electrons. The highest BCUT2D eigenvalue weighted by atomic mass is 16.5. The lowest BCUT2D eigenvalue weighted by Crippen LogP contribution is -2.27. The van der Waals surface area contributed by atoms with Gasteiger partial charge in [-0.2, -0.15) is 5.10 Å². The van der Waals surface area contributed by atoms with Gasteiger partial charge in [-0.1, -0.05) is 0 Å². The van der Waals surface area contributed by atoms with Gasteiger partial charge in [-0.25, -0.2) is 14.6 Å². The van der Waals surface area contributed by atoms with E-state index in [1.54, 1.807) is 37.5 Å². The van der Waals surface area contributed by atoms with E-state index in [4.69, 9.17) is 9.72 Å². The van der Waals surface area contributed by atoms with E-state index in [1.165, 1.54) is 0 Å². The zero-order valence-electron chi connectivity index (χ0n) is 16.0. The summed E-state index contributed by atoms with van der Waals surface area (Å²) in [6, 6.07) is 5.70. The number of fused-ring (bicyclic) bond motifs is 1. The molecule has 0 aliphatic heterocycles. The van der Waals surface area contributed by atoms with Gasteiger partial charge in [0.1, 0.15) is 5.69 Å². The fraction of sp³-hybridized carbons (Fsp3) is 0.400. The maximum absolute atomic E-state index is 13.4. The maximum Gasteiger partial charge on any atom is 0.259 e. The van der Waals surface area contributed by atoms with Crippen LogP contribution in [-0.2, 0) is 0 Å². The standard InChI is InChI=1S/C20H23N5O2/c1-12(2)25-18-15(11-22-25)14(10-16(23-18)13-7-8-13)20(26)24(3)17-6-5-9-21-19(17)27-4/h5-6,9-13H,7-8H2,1-4H3. The number of nitrogens with zero attached hydrogens (tertiary/aromatic N) is 5. The van der Waals surface area contributed by atoms with Crippen LogP contribution in [0.25, 0.3) is 11.0 Å². The van der Waals surface area contributed by atoms with Gasteiger partial charge in [-0.15, -0.1) is 0 Å². The Morgan fingerprint density at radius 3 is 2.81 bits per heavy atom. The second-order valence-corrected chi connectivity index (χ2v) is 7.19. The van der Waals surface area contributed by atoms with E-state index in [-0.39, 0.29) is 11.9 Å². The molecule has 7 nitrogen and oxygen atoms in total. The quantitative estimate of drug-likeness (QED) is 0.691.